The Labute approximate surface area is 138 Å². The standard InChI is InChI=1S/C19H15NO4/c1-24-19(23)13-6-9-14(10-7-13)20-18(22)17(21)16-11-8-12-4-2-3-5-15(12)16/h2-7,9-11H,8H2,1H3,(H,20,22). The van der Waals surface area contributed by atoms with Crippen molar-refractivity contribution >= 4 is 28.9 Å². The fourth-order valence-electron chi connectivity index (χ4n) is 2.62. The Kier molecular flexibility index (Phi) is 4.24. The van der Waals surface area contributed by atoms with Crippen LogP contribution in [0.3, 0.4) is 0 Å². The first kappa shape index (κ1) is 15.7. The highest BCUT2D eigenvalue weighted by molar-refractivity contribution is 6.56. The average Bonchev–Trinajstić information content (AvgIpc) is 3.05. The van der Waals surface area contributed by atoms with Gasteiger partial charge in [-0.25, -0.2) is 4.79 Å². The Morgan fingerprint density at radius 3 is 2.42 bits per heavy atom. The minimum absolute atomic E-state index is 0.370. The van der Waals surface area contributed by atoms with Gasteiger partial charge in [0.25, 0.3) is 11.7 Å². The van der Waals surface area contributed by atoms with E-state index < -0.39 is 17.7 Å². The number of ketones is 1. The maximum atomic E-state index is 12.4. The van der Waals surface area contributed by atoms with Crippen molar-refractivity contribution in [3.8, 4) is 0 Å². The van der Waals surface area contributed by atoms with E-state index in [9.17, 15) is 14.4 Å². The molecular weight excluding hydrogens is 306 g/mol. The topological polar surface area (TPSA) is 72.5 Å². The van der Waals surface area contributed by atoms with Crippen molar-refractivity contribution in [3.05, 3.63) is 71.3 Å². The van der Waals surface area contributed by atoms with Crippen LogP contribution in [-0.4, -0.2) is 24.8 Å². The Morgan fingerprint density at radius 1 is 1.00 bits per heavy atom. The van der Waals surface area contributed by atoms with Crippen molar-refractivity contribution in [2.75, 3.05) is 12.4 Å². The van der Waals surface area contributed by atoms with Crippen LogP contribution in [0.15, 0.2) is 54.6 Å². The highest BCUT2D eigenvalue weighted by atomic mass is 16.5. The van der Waals surface area contributed by atoms with E-state index in [1.807, 2.05) is 24.3 Å². The second kappa shape index (κ2) is 6.50. The second-order valence-corrected chi connectivity index (χ2v) is 5.33. The zero-order valence-electron chi connectivity index (χ0n) is 13.0. The number of nitrogens with one attached hydrogen (secondary N) is 1. The molecule has 1 aliphatic rings. The number of benzene rings is 2. The maximum Gasteiger partial charge on any atom is 0.337 e. The molecule has 24 heavy (non-hydrogen) atoms. The highest BCUT2D eigenvalue weighted by Crippen LogP contribution is 2.28. The number of hydrogen-bond donors (Lipinski definition) is 1. The molecule has 0 saturated heterocycles. The van der Waals surface area contributed by atoms with Gasteiger partial charge in [0.1, 0.15) is 0 Å². The van der Waals surface area contributed by atoms with E-state index in [0.29, 0.717) is 23.2 Å². The summed E-state index contributed by atoms with van der Waals surface area (Å²) in [7, 11) is 1.30. The summed E-state index contributed by atoms with van der Waals surface area (Å²) in [6, 6.07) is 13.7. The molecule has 0 spiro atoms. The van der Waals surface area contributed by atoms with E-state index >= 15 is 0 Å². The first-order valence-corrected chi connectivity index (χ1v) is 7.42. The molecule has 120 valence electrons. The summed E-state index contributed by atoms with van der Waals surface area (Å²) in [5.41, 5.74) is 3.08. The van der Waals surface area contributed by atoms with Gasteiger partial charge in [0.15, 0.2) is 0 Å². The Bertz CT molecular complexity index is 850. The van der Waals surface area contributed by atoms with E-state index in [1.165, 1.54) is 19.2 Å². The van der Waals surface area contributed by atoms with Crippen molar-refractivity contribution in [1.82, 2.24) is 0 Å². The highest BCUT2D eigenvalue weighted by Gasteiger charge is 2.25. The smallest absolute Gasteiger partial charge is 0.337 e. The first-order chi connectivity index (χ1) is 11.6. The summed E-state index contributed by atoms with van der Waals surface area (Å²) < 4.78 is 4.61. The van der Waals surface area contributed by atoms with Crippen LogP contribution in [-0.2, 0) is 20.7 Å². The van der Waals surface area contributed by atoms with Crippen LogP contribution in [0.5, 0.6) is 0 Å². The van der Waals surface area contributed by atoms with Crippen molar-refractivity contribution < 1.29 is 19.1 Å². The zero-order chi connectivity index (χ0) is 17.1. The predicted molar refractivity (Wildman–Crippen MR) is 89.5 cm³/mol. The number of amides is 1. The molecular formula is C19H15NO4. The molecule has 0 unspecified atom stereocenters. The molecule has 3 rings (SSSR count). The molecule has 0 bridgehead atoms. The summed E-state index contributed by atoms with van der Waals surface area (Å²) in [6.07, 6.45) is 2.42. The number of esters is 1. The first-order valence-electron chi connectivity index (χ1n) is 7.42. The molecule has 2 aromatic rings. The summed E-state index contributed by atoms with van der Waals surface area (Å²) in [6.45, 7) is 0. The molecule has 0 aromatic heterocycles. The van der Waals surface area contributed by atoms with Crippen LogP contribution in [0.4, 0.5) is 5.69 Å². The van der Waals surface area contributed by atoms with Crippen LogP contribution in [0, 0.1) is 0 Å². The predicted octanol–water partition coefficient (Wildman–Crippen LogP) is 2.62. The third kappa shape index (κ3) is 2.96. The van der Waals surface area contributed by atoms with Crippen molar-refractivity contribution in [2.24, 2.45) is 0 Å². The number of carbonyl (C=O) groups excluding carboxylic acids is 3. The van der Waals surface area contributed by atoms with Crippen LogP contribution in [0.2, 0.25) is 0 Å². The molecule has 0 saturated carbocycles. The third-order valence-electron chi connectivity index (χ3n) is 3.85. The van der Waals surface area contributed by atoms with Gasteiger partial charge in [-0.05, 0) is 41.8 Å². The molecule has 0 heterocycles. The fourth-order valence-corrected chi connectivity index (χ4v) is 2.62. The molecule has 1 amide bonds. The molecule has 5 nitrogen and oxygen atoms in total. The molecule has 0 radical (unpaired) electrons. The van der Waals surface area contributed by atoms with E-state index in [0.717, 1.165) is 11.1 Å². The van der Waals surface area contributed by atoms with Gasteiger partial charge in [0, 0.05) is 11.3 Å². The minimum Gasteiger partial charge on any atom is -0.465 e. The lowest BCUT2D eigenvalue weighted by atomic mass is 10.0. The van der Waals surface area contributed by atoms with Crippen LogP contribution in [0.25, 0.3) is 5.57 Å². The molecule has 0 atom stereocenters. The summed E-state index contributed by atoms with van der Waals surface area (Å²) in [5.74, 6) is -1.74. The van der Waals surface area contributed by atoms with Gasteiger partial charge in [-0.1, -0.05) is 30.3 Å². The van der Waals surface area contributed by atoms with E-state index in [2.05, 4.69) is 10.1 Å². The number of ether oxygens (including phenoxy) is 1. The van der Waals surface area contributed by atoms with Crippen molar-refractivity contribution in [1.29, 1.82) is 0 Å². The Balaban J connectivity index is 1.72. The van der Waals surface area contributed by atoms with Crippen molar-refractivity contribution in [3.63, 3.8) is 0 Å². The van der Waals surface area contributed by atoms with Gasteiger partial charge in [-0.15, -0.1) is 0 Å². The van der Waals surface area contributed by atoms with Gasteiger partial charge >= 0.3 is 5.97 Å². The number of methoxy groups -OCH3 is 1. The summed E-state index contributed by atoms with van der Waals surface area (Å²) in [5, 5.41) is 2.55. The van der Waals surface area contributed by atoms with Crippen LogP contribution < -0.4 is 5.32 Å². The maximum absolute atomic E-state index is 12.4. The summed E-state index contributed by atoms with van der Waals surface area (Å²) in [4.78, 5) is 35.9. The monoisotopic (exact) mass is 321 g/mol. The van der Waals surface area contributed by atoms with Gasteiger partial charge in [-0.2, -0.15) is 0 Å². The molecule has 0 fully saturated rings. The van der Waals surface area contributed by atoms with Gasteiger partial charge in [-0.3, -0.25) is 9.59 Å². The van der Waals surface area contributed by atoms with Crippen LogP contribution >= 0.6 is 0 Å². The lowest BCUT2D eigenvalue weighted by Gasteiger charge is -2.07. The van der Waals surface area contributed by atoms with E-state index in [1.54, 1.807) is 18.2 Å². The quantitative estimate of drug-likeness (QED) is 0.694. The largest absolute Gasteiger partial charge is 0.465 e. The number of rotatable bonds is 4. The number of anilines is 1. The Morgan fingerprint density at radius 2 is 1.71 bits per heavy atom. The minimum atomic E-state index is -0.705. The molecule has 2 aromatic carbocycles. The normalized spacial score (nSPS) is 12.1. The summed E-state index contributed by atoms with van der Waals surface area (Å²) >= 11 is 0. The molecule has 0 aliphatic heterocycles. The lowest BCUT2D eigenvalue weighted by Crippen LogP contribution is -2.23. The SMILES string of the molecule is COC(=O)c1ccc(NC(=O)C(=O)C2=CCc3ccccc32)cc1. The lowest BCUT2D eigenvalue weighted by molar-refractivity contribution is -0.131. The number of allylic oxidation sites excluding steroid dienone is 1. The molecule has 1 aliphatic carbocycles. The van der Waals surface area contributed by atoms with E-state index in [-0.39, 0.29) is 0 Å². The van der Waals surface area contributed by atoms with Crippen LogP contribution in [0.1, 0.15) is 21.5 Å². The van der Waals surface area contributed by atoms with Gasteiger partial charge in [0.05, 0.1) is 12.7 Å². The molecule has 1 N–H and O–H groups in total. The van der Waals surface area contributed by atoms with Gasteiger partial charge in [0.2, 0.25) is 0 Å². The molecule has 5 heteroatoms. The zero-order valence-corrected chi connectivity index (χ0v) is 13.0. The van der Waals surface area contributed by atoms with E-state index in [4.69, 9.17) is 0 Å². The number of Topliss-reactive ketones (excluding diaryl/α,β-unsaturated/α-hetero) is 1. The number of fused-ring (bicyclic) bond motifs is 1. The average molecular weight is 321 g/mol. The van der Waals surface area contributed by atoms with Crippen molar-refractivity contribution in [2.45, 2.75) is 6.42 Å². The fraction of sp³-hybridized carbons (Fsp3) is 0.105. The number of hydrogen-bond acceptors (Lipinski definition) is 4. The number of carbonyl (C=O) groups is 3. The Hall–Kier alpha value is -3.21. The van der Waals surface area contributed by atoms with Gasteiger partial charge < -0.3 is 10.1 Å². The second-order valence-electron chi connectivity index (χ2n) is 5.33. The third-order valence-corrected chi connectivity index (χ3v) is 3.85.